The van der Waals surface area contributed by atoms with Crippen LogP contribution >= 0.6 is 0 Å². The second kappa shape index (κ2) is 6.36. The van der Waals surface area contributed by atoms with Crippen molar-refractivity contribution in [2.45, 2.75) is 13.5 Å². The second-order valence-electron chi connectivity index (χ2n) is 3.25. The molecule has 0 radical (unpaired) electrons. The van der Waals surface area contributed by atoms with Gasteiger partial charge in [0.25, 0.3) is 10.1 Å². The van der Waals surface area contributed by atoms with E-state index in [0.29, 0.717) is 0 Å². The average molecular weight is 258 g/mol. The van der Waals surface area contributed by atoms with Crippen LogP contribution < -0.4 is 0 Å². The molecule has 0 aliphatic rings. The van der Waals surface area contributed by atoms with E-state index in [4.69, 9.17) is 4.74 Å². The zero-order valence-electron chi connectivity index (χ0n) is 9.46. The Bertz CT molecular complexity index is 452. The van der Waals surface area contributed by atoms with E-state index in [1.54, 1.807) is 12.1 Å². The van der Waals surface area contributed by atoms with Gasteiger partial charge in [-0.05, 0) is 12.5 Å². The summed E-state index contributed by atoms with van der Waals surface area (Å²) in [4.78, 5) is 11.2. The number of carbonyl (C=O) groups is 1. The molecule has 0 aliphatic carbocycles. The summed E-state index contributed by atoms with van der Waals surface area (Å²) in [5, 5.41) is 0. The Morgan fingerprint density at radius 1 is 1.24 bits per heavy atom. The van der Waals surface area contributed by atoms with Gasteiger partial charge in [0.1, 0.15) is 6.61 Å². The normalized spacial score (nSPS) is 11.1. The highest BCUT2D eigenvalue weighted by Crippen LogP contribution is 2.01. The third-order valence-electron chi connectivity index (χ3n) is 1.95. The summed E-state index contributed by atoms with van der Waals surface area (Å²) in [6.45, 7) is 0.961. The van der Waals surface area contributed by atoms with Gasteiger partial charge in [-0.2, -0.15) is 8.42 Å². The van der Waals surface area contributed by atoms with Gasteiger partial charge in [-0.1, -0.05) is 30.3 Å². The highest BCUT2D eigenvalue weighted by Gasteiger charge is 2.12. The molecular formula is C11H14O5S. The first-order valence-electron chi connectivity index (χ1n) is 5.10. The molecule has 5 nitrogen and oxygen atoms in total. The number of esters is 1. The number of ether oxygens (including phenoxy) is 1. The predicted molar refractivity (Wildman–Crippen MR) is 61.7 cm³/mol. The standard InChI is InChI=1S/C11H14O5S/c1-2-17(13,14)16-9-11(12)15-8-10-6-4-3-5-7-10/h3-7H,2,8-9H2,1H3. The van der Waals surface area contributed by atoms with Crippen LogP contribution in [0.25, 0.3) is 0 Å². The van der Waals surface area contributed by atoms with Gasteiger partial charge < -0.3 is 4.74 Å². The van der Waals surface area contributed by atoms with Gasteiger partial charge >= 0.3 is 5.97 Å². The van der Waals surface area contributed by atoms with E-state index in [1.807, 2.05) is 18.2 Å². The number of benzene rings is 1. The Labute approximate surface area is 100 Å². The Kier molecular flexibility index (Phi) is 5.11. The van der Waals surface area contributed by atoms with Crippen LogP contribution in [0.5, 0.6) is 0 Å². The third-order valence-corrected chi connectivity index (χ3v) is 3.14. The molecule has 1 rings (SSSR count). The molecule has 94 valence electrons. The van der Waals surface area contributed by atoms with Gasteiger partial charge in [-0.15, -0.1) is 0 Å². The first-order chi connectivity index (χ1) is 8.03. The molecule has 0 fully saturated rings. The minimum absolute atomic E-state index is 0.106. The minimum Gasteiger partial charge on any atom is -0.459 e. The van der Waals surface area contributed by atoms with Gasteiger partial charge in [0.05, 0.1) is 5.75 Å². The third kappa shape index (κ3) is 5.46. The van der Waals surface area contributed by atoms with Crippen LogP contribution in [0.2, 0.25) is 0 Å². The first-order valence-corrected chi connectivity index (χ1v) is 6.68. The van der Waals surface area contributed by atoms with Gasteiger partial charge in [0, 0.05) is 0 Å². The van der Waals surface area contributed by atoms with Crippen LogP contribution in [-0.4, -0.2) is 26.7 Å². The van der Waals surface area contributed by atoms with E-state index in [2.05, 4.69) is 4.18 Å². The Balaban J connectivity index is 2.32. The Morgan fingerprint density at radius 2 is 1.88 bits per heavy atom. The van der Waals surface area contributed by atoms with Crippen LogP contribution in [-0.2, 0) is 30.4 Å². The van der Waals surface area contributed by atoms with E-state index >= 15 is 0 Å². The fourth-order valence-corrected chi connectivity index (χ4v) is 1.44. The van der Waals surface area contributed by atoms with Crippen LogP contribution in [0, 0.1) is 0 Å². The van der Waals surface area contributed by atoms with Crippen LogP contribution in [0.4, 0.5) is 0 Å². The summed E-state index contributed by atoms with van der Waals surface area (Å²) >= 11 is 0. The van der Waals surface area contributed by atoms with Crippen molar-refractivity contribution in [1.29, 1.82) is 0 Å². The molecule has 0 amide bonds. The SMILES string of the molecule is CCS(=O)(=O)OCC(=O)OCc1ccccc1. The fraction of sp³-hybridized carbons (Fsp3) is 0.364. The summed E-state index contributed by atoms with van der Waals surface area (Å²) in [5.74, 6) is -0.871. The van der Waals surface area contributed by atoms with Gasteiger partial charge in [-0.3, -0.25) is 4.18 Å². The maximum atomic E-state index is 11.2. The molecule has 0 aromatic heterocycles. The first kappa shape index (κ1) is 13.7. The molecule has 0 spiro atoms. The average Bonchev–Trinajstić information content (AvgIpc) is 2.35. The fourth-order valence-electron chi connectivity index (χ4n) is 1.00. The van der Waals surface area contributed by atoms with Crippen molar-refractivity contribution >= 4 is 16.1 Å². The van der Waals surface area contributed by atoms with Crippen molar-refractivity contribution in [1.82, 2.24) is 0 Å². The van der Waals surface area contributed by atoms with Crippen LogP contribution in [0.3, 0.4) is 0 Å². The molecule has 6 heteroatoms. The van der Waals surface area contributed by atoms with E-state index < -0.39 is 22.7 Å². The highest BCUT2D eigenvalue weighted by molar-refractivity contribution is 7.86. The van der Waals surface area contributed by atoms with Gasteiger partial charge in [0.2, 0.25) is 0 Å². The van der Waals surface area contributed by atoms with E-state index in [0.717, 1.165) is 5.56 Å². The lowest BCUT2D eigenvalue weighted by Gasteiger charge is -2.05. The number of hydrogen-bond donors (Lipinski definition) is 0. The van der Waals surface area contributed by atoms with E-state index in [-0.39, 0.29) is 12.4 Å². The molecule has 0 unspecified atom stereocenters. The molecule has 0 bridgehead atoms. The van der Waals surface area contributed by atoms with Crippen LogP contribution in [0.15, 0.2) is 30.3 Å². The lowest BCUT2D eigenvalue weighted by molar-refractivity contribution is -0.147. The smallest absolute Gasteiger partial charge is 0.333 e. The molecule has 0 N–H and O–H groups in total. The van der Waals surface area contributed by atoms with Crippen molar-refractivity contribution in [2.75, 3.05) is 12.4 Å². The molecule has 17 heavy (non-hydrogen) atoms. The van der Waals surface area contributed by atoms with Crippen molar-refractivity contribution in [3.8, 4) is 0 Å². The van der Waals surface area contributed by atoms with Crippen molar-refractivity contribution in [3.63, 3.8) is 0 Å². The molecule has 1 aromatic rings. The number of hydrogen-bond acceptors (Lipinski definition) is 5. The molecule has 1 aromatic carbocycles. The van der Waals surface area contributed by atoms with Gasteiger partial charge in [0.15, 0.2) is 6.61 Å². The maximum absolute atomic E-state index is 11.2. The summed E-state index contributed by atoms with van der Waals surface area (Å²) < 4.78 is 31.2. The molecule has 0 atom stereocenters. The minimum atomic E-state index is -3.60. The second-order valence-corrected chi connectivity index (χ2v) is 5.18. The number of rotatable bonds is 6. The monoisotopic (exact) mass is 258 g/mol. The predicted octanol–water partition coefficient (Wildman–Crippen LogP) is 1.10. The van der Waals surface area contributed by atoms with Crippen molar-refractivity contribution in [3.05, 3.63) is 35.9 Å². The molecule has 0 saturated carbocycles. The van der Waals surface area contributed by atoms with Crippen molar-refractivity contribution < 1.29 is 22.1 Å². The quantitative estimate of drug-likeness (QED) is 0.564. The number of carbonyl (C=O) groups excluding carboxylic acids is 1. The van der Waals surface area contributed by atoms with E-state index in [9.17, 15) is 13.2 Å². The summed E-state index contributed by atoms with van der Waals surface area (Å²) in [6, 6.07) is 9.10. The van der Waals surface area contributed by atoms with E-state index in [1.165, 1.54) is 6.92 Å². The highest BCUT2D eigenvalue weighted by atomic mass is 32.2. The molecule has 0 heterocycles. The zero-order valence-corrected chi connectivity index (χ0v) is 10.3. The summed E-state index contributed by atoms with van der Waals surface area (Å²) in [6.07, 6.45) is 0. The Morgan fingerprint density at radius 3 is 2.47 bits per heavy atom. The Hall–Kier alpha value is -1.40. The topological polar surface area (TPSA) is 69.7 Å². The molecule has 0 aliphatic heterocycles. The lowest BCUT2D eigenvalue weighted by atomic mass is 10.2. The zero-order chi connectivity index (χ0) is 12.7. The van der Waals surface area contributed by atoms with Crippen LogP contribution in [0.1, 0.15) is 12.5 Å². The maximum Gasteiger partial charge on any atom is 0.333 e. The lowest BCUT2D eigenvalue weighted by Crippen LogP contribution is -2.17. The van der Waals surface area contributed by atoms with Gasteiger partial charge in [-0.25, -0.2) is 4.79 Å². The van der Waals surface area contributed by atoms with Crippen molar-refractivity contribution in [2.24, 2.45) is 0 Å². The molecule has 0 saturated heterocycles. The molecular weight excluding hydrogens is 244 g/mol. The largest absolute Gasteiger partial charge is 0.459 e. The summed E-state index contributed by atoms with van der Waals surface area (Å²) in [7, 11) is -3.60. The summed E-state index contributed by atoms with van der Waals surface area (Å²) in [5.41, 5.74) is 0.833.